The minimum Gasteiger partial charge on any atom is -0.493 e. The van der Waals surface area contributed by atoms with Gasteiger partial charge in [0.1, 0.15) is 29.7 Å². The Morgan fingerprint density at radius 3 is 2.79 bits per heavy atom. The highest BCUT2D eigenvalue weighted by Crippen LogP contribution is 2.41. The first-order chi connectivity index (χ1) is 18.3. The summed E-state index contributed by atoms with van der Waals surface area (Å²) in [5.41, 5.74) is 1.71. The van der Waals surface area contributed by atoms with Crippen molar-refractivity contribution in [2.24, 2.45) is 0 Å². The zero-order valence-electron chi connectivity index (χ0n) is 21.8. The van der Waals surface area contributed by atoms with Crippen molar-refractivity contribution in [2.75, 3.05) is 25.1 Å². The third kappa shape index (κ3) is 4.79. The number of nitrogens with zero attached hydrogens (tertiary/aromatic N) is 5. The Kier molecular flexibility index (Phi) is 6.76. The number of anilines is 1. The number of ether oxygens (including phenoxy) is 1. The maximum Gasteiger partial charge on any atom is 0.168 e. The van der Waals surface area contributed by atoms with Crippen molar-refractivity contribution in [1.82, 2.24) is 19.7 Å². The number of fused-ring (bicyclic) bond motifs is 2. The molecule has 0 saturated carbocycles. The predicted molar refractivity (Wildman–Crippen MR) is 143 cm³/mol. The summed E-state index contributed by atoms with van der Waals surface area (Å²) in [5.74, 6) is 1.91. The number of halogens is 1. The van der Waals surface area contributed by atoms with Gasteiger partial charge in [-0.15, -0.1) is 0 Å². The van der Waals surface area contributed by atoms with E-state index in [0.717, 1.165) is 23.3 Å². The standard InChI is InChI=1S/C29H31FN6O2/c1-4-24-34-26(22-15-33-36(27(22)35-24)21-9-5-7-19(13-21)14-31)32-18-29(37,17-30)16-28(2,3)23-10-6-8-20-11-12-38-25(20)23/h5-10,13,15,37H,4,11-12,16-18H2,1-3H3,(H,32,34,35). The average Bonchev–Trinajstić information content (AvgIpc) is 3.58. The van der Waals surface area contributed by atoms with Gasteiger partial charge in [-0.05, 0) is 35.6 Å². The molecular formula is C29H31FN6O2. The van der Waals surface area contributed by atoms with Crippen LogP contribution in [0.3, 0.4) is 0 Å². The van der Waals surface area contributed by atoms with Crippen molar-refractivity contribution in [2.45, 2.75) is 51.0 Å². The van der Waals surface area contributed by atoms with Gasteiger partial charge in [-0.2, -0.15) is 10.4 Å². The molecule has 0 fully saturated rings. The molecule has 3 heterocycles. The van der Waals surface area contributed by atoms with Gasteiger partial charge in [0, 0.05) is 24.9 Å². The van der Waals surface area contributed by atoms with Crippen LogP contribution in [0, 0.1) is 11.3 Å². The largest absolute Gasteiger partial charge is 0.493 e. The van der Waals surface area contributed by atoms with E-state index in [2.05, 4.69) is 26.5 Å². The normalized spacial score (nSPS) is 14.5. The average molecular weight is 515 g/mol. The van der Waals surface area contributed by atoms with E-state index in [9.17, 15) is 14.8 Å². The summed E-state index contributed by atoms with van der Waals surface area (Å²) >= 11 is 0. The number of rotatable bonds is 9. The summed E-state index contributed by atoms with van der Waals surface area (Å²) in [4.78, 5) is 9.28. The van der Waals surface area contributed by atoms with Gasteiger partial charge in [0.25, 0.3) is 0 Å². The van der Waals surface area contributed by atoms with E-state index in [4.69, 9.17) is 4.74 Å². The number of hydrogen-bond acceptors (Lipinski definition) is 7. The second-order valence-electron chi connectivity index (χ2n) is 10.5. The predicted octanol–water partition coefficient (Wildman–Crippen LogP) is 4.66. The zero-order chi connectivity index (χ0) is 26.9. The molecule has 8 nitrogen and oxygen atoms in total. The number of nitrogens with one attached hydrogen (secondary N) is 1. The molecule has 0 bridgehead atoms. The summed E-state index contributed by atoms with van der Waals surface area (Å²) in [6.45, 7) is 5.62. The molecule has 0 spiro atoms. The third-order valence-electron chi connectivity index (χ3n) is 7.06. The lowest BCUT2D eigenvalue weighted by Gasteiger charge is -2.36. The molecule has 5 rings (SSSR count). The smallest absolute Gasteiger partial charge is 0.168 e. The lowest BCUT2D eigenvalue weighted by Crippen LogP contribution is -2.44. The molecule has 1 atom stereocenters. The fourth-order valence-electron chi connectivity index (χ4n) is 5.21. The van der Waals surface area contributed by atoms with Crippen LogP contribution in [-0.2, 0) is 18.3 Å². The molecule has 196 valence electrons. The molecule has 1 aliphatic rings. The highest BCUT2D eigenvalue weighted by Gasteiger charge is 2.38. The quantitative estimate of drug-likeness (QED) is 0.334. The Balaban J connectivity index is 1.43. The Hall–Kier alpha value is -4.03. The number of benzene rings is 2. The number of aryl methyl sites for hydroxylation is 1. The molecule has 2 aromatic carbocycles. The second-order valence-corrected chi connectivity index (χ2v) is 10.5. The van der Waals surface area contributed by atoms with Gasteiger partial charge in [-0.25, -0.2) is 19.0 Å². The number of nitriles is 1. The summed E-state index contributed by atoms with van der Waals surface area (Å²) in [7, 11) is 0. The number of aliphatic hydroxyl groups is 1. The fraction of sp³-hybridized carbons (Fsp3) is 0.379. The highest BCUT2D eigenvalue weighted by atomic mass is 19.1. The SMILES string of the molecule is CCc1nc(NCC(O)(CF)CC(C)(C)c2cccc3c2OCC3)c2cnn(-c3cccc(C#N)c3)c2n1. The van der Waals surface area contributed by atoms with Crippen LogP contribution in [0.2, 0.25) is 0 Å². The van der Waals surface area contributed by atoms with Gasteiger partial charge in [-0.1, -0.05) is 45.0 Å². The number of alkyl halides is 1. The molecule has 2 aromatic heterocycles. The van der Waals surface area contributed by atoms with Crippen molar-refractivity contribution in [3.05, 3.63) is 71.2 Å². The third-order valence-corrected chi connectivity index (χ3v) is 7.06. The molecule has 9 heteroatoms. The van der Waals surface area contributed by atoms with Gasteiger partial charge in [0.15, 0.2) is 5.65 Å². The molecule has 1 aliphatic heterocycles. The van der Waals surface area contributed by atoms with Gasteiger partial charge < -0.3 is 15.2 Å². The van der Waals surface area contributed by atoms with Gasteiger partial charge in [0.05, 0.1) is 35.5 Å². The minimum atomic E-state index is -1.65. The van der Waals surface area contributed by atoms with Gasteiger partial charge >= 0.3 is 0 Å². The highest BCUT2D eigenvalue weighted by molar-refractivity contribution is 5.87. The van der Waals surface area contributed by atoms with Crippen molar-refractivity contribution < 1.29 is 14.2 Å². The van der Waals surface area contributed by atoms with E-state index in [1.54, 1.807) is 29.1 Å². The monoisotopic (exact) mass is 514 g/mol. The Morgan fingerprint density at radius 1 is 1.21 bits per heavy atom. The Bertz CT molecular complexity index is 1530. The van der Waals surface area contributed by atoms with E-state index >= 15 is 0 Å². The molecule has 38 heavy (non-hydrogen) atoms. The summed E-state index contributed by atoms with van der Waals surface area (Å²) in [5, 5.41) is 29.0. The summed E-state index contributed by atoms with van der Waals surface area (Å²) < 4.78 is 22.0. The van der Waals surface area contributed by atoms with E-state index in [1.807, 2.05) is 45.0 Å². The topological polar surface area (TPSA) is 109 Å². The van der Waals surface area contributed by atoms with E-state index < -0.39 is 17.7 Å². The first-order valence-electron chi connectivity index (χ1n) is 12.8. The second kappa shape index (κ2) is 10.0. The number of aromatic nitrogens is 4. The van der Waals surface area contributed by atoms with Crippen molar-refractivity contribution in [3.8, 4) is 17.5 Å². The molecule has 0 radical (unpaired) electrons. The van der Waals surface area contributed by atoms with Crippen LogP contribution in [0.1, 0.15) is 49.7 Å². The molecule has 1 unspecified atom stereocenters. The van der Waals surface area contributed by atoms with Gasteiger partial charge in [-0.3, -0.25) is 0 Å². The van der Waals surface area contributed by atoms with Crippen LogP contribution >= 0.6 is 0 Å². The van der Waals surface area contributed by atoms with Crippen molar-refractivity contribution in [1.29, 1.82) is 5.26 Å². The molecule has 0 saturated heterocycles. The fourth-order valence-corrected chi connectivity index (χ4v) is 5.21. The van der Waals surface area contributed by atoms with E-state index in [1.165, 1.54) is 0 Å². The Labute approximate surface area is 221 Å². The van der Waals surface area contributed by atoms with Crippen LogP contribution in [0.25, 0.3) is 16.7 Å². The molecule has 2 N–H and O–H groups in total. The first-order valence-corrected chi connectivity index (χ1v) is 12.8. The number of para-hydroxylation sites is 1. The lowest BCUT2D eigenvalue weighted by atomic mass is 9.74. The minimum absolute atomic E-state index is 0.0484. The lowest BCUT2D eigenvalue weighted by molar-refractivity contribution is 0.00262. The maximum absolute atomic E-state index is 14.4. The summed E-state index contributed by atoms with van der Waals surface area (Å²) in [6.07, 6.45) is 3.25. The van der Waals surface area contributed by atoms with Crippen molar-refractivity contribution >= 4 is 16.9 Å². The zero-order valence-corrected chi connectivity index (χ0v) is 21.8. The van der Waals surface area contributed by atoms with Gasteiger partial charge in [0.2, 0.25) is 0 Å². The van der Waals surface area contributed by atoms with E-state index in [0.29, 0.717) is 47.0 Å². The van der Waals surface area contributed by atoms with Crippen LogP contribution in [0.4, 0.5) is 10.2 Å². The van der Waals surface area contributed by atoms with Crippen LogP contribution in [0.5, 0.6) is 5.75 Å². The molecular weight excluding hydrogens is 483 g/mol. The van der Waals surface area contributed by atoms with Crippen molar-refractivity contribution in [3.63, 3.8) is 0 Å². The first kappa shape index (κ1) is 25.6. The maximum atomic E-state index is 14.4. The number of hydrogen-bond donors (Lipinski definition) is 2. The van der Waals surface area contributed by atoms with Crippen LogP contribution in [0.15, 0.2) is 48.7 Å². The van der Waals surface area contributed by atoms with Crippen LogP contribution in [-0.4, -0.2) is 50.3 Å². The summed E-state index contributed by atoms with van der Waals surface area (Å²) in [6, 6.07) is 15.3. The molecule has 4 aromatic rings. The van der Waals surface area contributed by atoms with E-state index in [-0.39, 0.29) is 13.0 Å². The molecule has 0 aliphatic carbocycles. The van der Waals surface area contributed by atoms with Crippen LogP contribution < -0.4 is 10.1 Å². The Morgan fingerprint density at radius 2 is 2.03 bits per heavy atom. The molecule has 0 amide bonds.